The van der Waals surface area contributed by atoms with Crippen molar-refractivity contribution in [2.24, 2.45) is 9.98 Å². The van der Waals surface area contributed by atoms with Crippen LogP contribution in [0, 0.1) is 0 Å². The van der Waals surface area contributed by atoms with Crippen LogP contribution in [-0.2, 0) is 15.0 Å². The molecule has 21 heavy (non-hydrogen) atoms. The molecule has 4 heteroatoms. The largest absolute Gasteiger partial charge is 0.240 e. The minimum Gasteiger partial charge on any atom is -0.211 e. The van der Waals surface area contributed by atoms with Crippen LogP contribution in [-0.4, -0.2) is 12.2 Å². The molecule has 0 unspecified atom stereocenters. The van der Waals surface area contributed by atoms with Crippen LogP contribution in [0.25, 0.3) is 0 Å². The molecule has 104 valence electrons. The summed E-state index contributed by atoms with van der Waals surface area (Å²) in [5.41, 5.74) is 2.78. The van der Waals surface area contributed by atoms with Gasteiger partial charge in [0.25, 0.3) is 0 Å². The summed E-state index contributed by atoms with van der Waals surface area (Å²) in [5, 5.41) is 0. The van der Waals surface area contributed by atoms with E-state index in [0.717, 1.165) is 11.1 Å². The Morgan fingerprint density at radius 1 is 0.857 bits per heavy atom. The molecule has 0 saturated heterocycles. The molecule has 0 amide bonds. The van der Waals surface area contributed by atoms with Gasteiger partial charge in [0.15, 0.2) is 0 Å². The highest BCUT2D eigenvalue weighted by molar-refractivity contribution is 5.59. The molecule has 0 aliphatic carbocycles. The highest BCUT2D eigenvalue weighted by atomic mass is 16.1. The number of benzene rings is 2. The van der Waals surface area contributed by atoms with Crippen molar-refractivity contribution >= 4 is 23.5 Å². The van der Waals surface area contributed by atoms with Gasteiger partial charge >= 0.3 is 0 Å². The molecule has 0 spiro atoms. The van der Waals surface area contributed by atoms with Crippen molar-refractivity contribution in [3.05, 3.63) is 59.7 Å². The van der Waals surface area contributed by atoms with E-state index in [9.17, 15) is 9.59 Å². The van der Waals surface area contributed by atoms with Crippen LogP contribution in [0.3, 0.4) is 0 Å². The van der Waals surface area contributed by atoms with Gasteiger partial charge < -0.3 is 0 Å². The van der Waals surface area contributed by atoms with Crippen LogP contribution in [0.1, 0.15) is 25.0 Å². The molecule has 2 rings (SSSR count). The normalized spacial score (nSPS) is 10.4. The van der Waals surface area contributed by atoms with Crippen molar-refractivity contribution in [1.82, 2.24) is 0 Å². The zero-order valence-electron chi connectivity index (χ0n) is 11.8. The molecule has 0 aliphatic rings. The van der Waals surface area contributed by atoms with E-state index in [-0.39, 0.29) is 5.41 Å². The predicted molar refractivity (Wildman–Crippen MR) is 80.6 cm³/mol. The molecule has 0 aliphatic heterocycles. The lowest BCUT2D eigenvalue weighted by molar-refractivity contribution is 0.564. The third kappa shape index (κ3) is 3.03. The van der Waals surface area contributed by atoms with Gasteiger partial charge in [-0.1, -0.05) is 44.2 Å². The third-order valence-electron chi connectivity index (χ3n) is 3.51. The fourth-order valence-corrected chi connectivity index (χ4v) is 2.31. The van der Waals surface area contributed by atoms with Crippen LogP contribution in [0.15, 0.2) is 58.5 Å². The van der Waals surface area contributed by atoms with Crippen molar-refractivity contribution < 1.29 is 9.59 Å². The Labute approximate surface area is 122 Å². The Hall–Kier alpha value is -2.80. The van der Waals surface area contributed by atoms with Crippen LogP contribution in [0.2, 0.25) is 0 Å². The molecule has 2 aromatic rings. The van der Waals surface area contributed by atoms with Crippen molar-refractivity contribution in [1.29, 1.82) is 0 Å². The maximum atomic E-state index is 10.6. The Morgan fingerprint density at radius 3 is 2.10 bits per heavy atom. The van der Waals surface area contributed by atoms with Gasteiger partial charge in [0, 0.05) is 5.41 Å². The average Bonchev–Trinajstić information content (AvgIpc) is 2.49. The van der Waals surface area contributed by atoms with E-state index >= 15 is 0 Å². The van der Waals surface area contributed by atoms with Crippen molar-refractivity contribution in [3.63, 3.8) is 0 Å². The van der Waals surface area contributed by atoms with Crippen molar-refractivity contribution in [2.75, 3.05) is 0 Å². The average molecular weight is 278 g/mol. The quantitative estimate of drug-likeness (QED) is 0.628. The number of hydrogen-bond donors (Lipinski definition) is 0. The van der Waals surface area contributed by atoms with E-state index in [0.29, 0.717) is 11.4 Å². The van der Waals surface area contributed by atoms with Crippen LogP contribution in [0.4, 0.5) is 11.4 Å². The standard InChI is InChI=1S/C17H14N2O2/c1-17(2,13-7-9-14(10-8-13)18-11-20)15-5-3-4-6-16(15)19-12-21/h3-10H,1-2H3. The first-order valence-electron chi connectivity index (χ1n) is 6.45. The molecule has 0 N–H and O–H groups in total. The summed E-state index contributed by atoms with van der Waals surface area (Å²) in [7, 11) is 0. The van der Waals surface area contributed by atoms with Gasteiger partial charge in [-0.25, -0.2) is 9.59 Å². The Kier molecular flexibility index (Phi) is 4.24. The second-order valence-electron chi connectivity index (χ2n) is 5.10. The number of carbonyl (C=O) groups excluding carboxylic acids is 2. The summed E-state index contributed by atoms with van der Waals surface area (Å²) in [5.74, 6) is 0. The topological polar surface area (TPSA) is 58.9 Å². The number of isocyanates is 2. The first-order chi connectivity index (χ1) is 10.1. The van der Waals surface area contributed by atoms with Crippen LogP contribution >= 0.6 is 0 Å². The highest BCUT2D eigenvalue weighted by Gasteiger charge is 2.25. The molecular weight excluding hydrogens is 264 g/mol. The zero-order valence-corrected chi connectivity index (χ0v) is 11.8. The van der Waals surface area contributed by atoms with Gasteiger partial charge in [-0.2, -0.15) is 9.98 Å². The van der Waals surface area contributed by atoms with E-state index in [1.54, 1.807) is 24.3 Å². The summed E-state index contributed by atoms with van der Waals surface area (Å²) in [6.45, 7) is 4.09. The SMILES string of the molecule is CC(C)(c1ccc(N=C=O)cc1)c1ccccc1N=C=O. The highest BCUT2D eigenvalue weighted by Crippen LogP contribution is 2.37. The summed E-state index contributed by atoms with van der Waals surface area (Å²) in [6, 6.07) is 14.8. The predicted octanol–water partition coefficient (Wildman–Crippen LogP) is 3.95. The lowest BCUT2D eigenvalue weighted by Gasteiger charge is -2.27. The van der Waals surface area contributed by atoms with Gasteiger partial charge in [0.05, 0.1) is 11.4 Å². The Balaban J connectivity index is 2.50. The summed E-state index contributed by atoms with van der Waals surface area (Å²) in [4.78, 5) is 28.2. The fourth-order valence-electron chi connectivity index (χ4n) is 2.31. The molecule has 0 saturated carbocycles. The Morgan fingerprint density at radius 2 is 1.48 bits per heavy atom. The van der Waals surface area contributed by atoms with Gasteiger partial charge in [0.1, 0.15) is 0 Å². The summed E-state index contributed by atoms with van der Waals surface area (Å²) >= 11 is 0. The van der Waals surface area contributed by atoms with Crippen LogP contribution < -0.4 is 0 Å². The number of aliphatic imine (C=N–C) groups is 2. The Bertz CT molecular complexity index is 736. The maximum Gasteiger partial charge on any atom is 0.240 e. The lowest BCUT2D eigenvalue weighted by atomic mass is 9.77. The molecule has 0 fully saturated rings. The second-order valence-corrected chi connectivity index (χ2v) is 5.10. The van der Waals surface area contributed by atoms with E-state index in [1.165, 1.54) is 6.08 Å². The van der Waals surface area contributed by atoms with E-state index < -0.39 is 0 Å². The number of hydrogen-bond acceptors (Lipinski definition) is 4. The molecule has 0 atom stereocenters. The monoisotopic (exact) mass is 278 g/mol. The number of para-hydroxylation sites is 1. The summed E-state index contributed by atoms with van der Waals surface area (Å²) in [6.07, 6.45) is 3.11. The molecule has 2 aromatic carbocycles. The fraction of sp³-hybridized carbons (Fsp3) is 0.176. The minimum absolute atomic E-state index is 0.347. The second kappa shape index (κ2) is 6.10. The zero-order chi connectivity index (χ0) is 15.3. The van der Waals surface area contributed by atoms with E-state index in [2.05, 4.69) is 9.98 Å². The first kappa shape index (κ1) is 14.6. The third-order valence-corrected chi connectivity index (χ3v) is 3.51. The smallest absolute Gasteiger partial charge is 0.211 e. The number of nitrogens with zero attached hydrogens (tertiary/aromatic N) is 2. The van der Waals surface area contributed by atoms with Crippen LogP contribution in [0.5, 0.6) is 0 Å². The van der Waals surface area contributed by atoms with Crippen molar-refractivity contribution in [3.8, 4) is 0 Å². The summed E-state index contributed by atoms with van der Waals surface area (Å²) < 4.78 is 0. The molecule has 0 bridgehead atoms. The van der Waals surface area contributed by atoms with Gasteiger partial charge in [-0.05, 0) is 29.3 Å². The maximum absolute atomic E-state index is 10.6. The van der Waals surface area contributed by atoms with E-state index in [1.807, 2.05) is 44.2 Å². The molecule has 4 nitrogen and oxygen atoms in total. The molecular formula is C17H14N2O2. The van der Waals surface area contributed by atoms with Gasteiger partial charge in [0.2, 0.25) is 12.2 Å². The molecule has 0 aromatic heterocycles. The van der Waals surface area contributed by atoms with E-state index in [4.69, 9.17) is 0 Å². The van der Waals surface area contributed by atoms with Gasteiger partial charge in [-0.15, -0.1) is 0 Å². The number of rotatable bonds is 4. The van der Waals surface area contributed by atoms with Gasteiger partial charge in [-0.3, -0.25) is 0 Å². The van der Waals surface area contributed by atoms with Crippen molar-refractivity contribution in [2.45, 2.75) is 19.3 Å². The lowest BCUT2D eigenvalue weighted by Crippen LogP contribution is -2.18. The molecule has 0 radical (unpaired) electrons. The first-order valence-corrected chi connectivity index (χ1v) is 6.45. The molecule has 0 heterocycles. The minimum atomic E-state index is -0.347.